The second-order valence-electron chi connectivity index (χ2n) is 7.09. The van der Waals surface area contributed by atoms with Gasteiger partial charge in [-0.15, -0.1) is 0 Å². The number of imide groups is 1. The molecule has 1 aliphatic carbocycles. The minimum Gasteiger partial charge on any atom is -0.326 e. The molecule has 4 rings (SSSR count). The highest BCUT2D eigenvalue weighted by Crippen LogP contribution is 2.27. The van der Waals surface area contributed by atoms with Gasteiger partial charge in [-0.2, -0.15) is 0 Å². The van der Waals surface area contributed by atoms with Gasteiger partial charge < -0.3 is 10.6 Å². The predicted molar refractivity (Wildman–Crippen MR) is 102 cm³/mol. The summed E-state index contributed by atoms with van der Waals surface area (Å²) >= 11 is 0. The predicted octanol–water partition coefficient (Wildman–Crippen LogP) is 2.03. The van der Waals surface area contributed by atoms with E-state index < -0.39 is 6.04 Å². The van der Waals surface area contributed by atoms with Gasteiger partial charge in [0.25, 0.3) is 5.91 Å². The maximum atomic E-state index is 12.8. The lowest BCUT2D eigenvalue weighted by atomic mass is 10.1. The van der Waals surface area contributed by atoms with Crippen molar-refractivity contribution >= 4 is 29.1 Å². The van der Waals surface area contributed by atoms with Crippen LogP contribution in [0.2, 0.25) is 0 Å². The van der Waals surface area contributed by atoms with Crippen molar-refractivity contribution in [2.75, 3.05) is 10.2 Å². The number of carbonyl (C=O) groups excluding carboxylic acids is 3. The van der Waals surface area contributed by atoms with Gasteiger partial charge in [-0.05, 0) is 48.2 Å². The number of amides is 3. The normalized spacial score (nSPS) is 19.4. The molecule has 2 N–H and O–H groups in total. The first-order valence-corrected chi connectivity index (χ1v) is 9.08. The van der Waals surface area contributed by atoms with Crippen molar-refractivity contribution in [3.05, 3.63) is 59.7 Å². The van der Waals surface area contributed by atoms with E-state index in [0.29, 0.717) is 11.4 Å². The van der Waals surface area contributed by atoms with Gasteiger partial charge in [0.1, 0.15) is 0 Å². The van der Waals surface area contributed by atoms with E-state index in [0.717, 1.165) is 12.8 Å². The van der Waals surface area contributed by atoms with Gasteiger partial charge in [0.2, 0.25) is 11.8 Å². The van der Waals surface area contributed by atoms with E-state index in [1.165, 1.54) is 23.0 Å². The summed E-state index contributed by atoms with van der Waals surface area (Å²) in [4.78, 5) is 37.6. The fraction of sp³-hybridized carbons (Fsp3) is 0.286. The second-order valence-corrected chi connectivity index (χ2v) is 7.09. The van der Waals surface area contributed by atoms with E-state index >= 15 is 0 Å². The van der Waals surface area contributed by atoms with Crippen LogP contribution in [0.4, 0.5) is 11.4 Å². The Bertz CT molecular complexity index is 882. The largest absolute Gasteiger partial charge is 0.326 e. The highest BCUT2D eigenvalue weighted by Gasteiger charge is 2.40. The SMILES string of the molecule is CC(=O)Nc1ccc(N2C(=O)CC(NC3Cc4ccccc4C3)C2=O)cc1. The van der Waals surface area contributed by atoms with Crippen LogP contribution in [0.3, 0.4) is 0 Å². The molecular formula is C21H21N3O3. The number of carbonyl (C=O) groups is 3. The van der Waals surface area contributed by atoms with E-state index in [-0.39, 0.29) is 30.2 Å². The molecular weight excluding hydrogens is 342 g/mol. The first kappa shape index (κ1) is 17.4. The van der Waals surface area contributed by atoms with Crippen LogP contribution in [0.25, 0.3) is 0 Å². The van der Waals surface area contributed by atoms with Crippen LogP contribution in [-0.4, -0.2) is 29.8 Å². The molecule has 0 radical (unpaired) electrons. The fourth-order valence-electron chi connectivity index (χ4n) is 3.89. The molecule has 2 aliphatic rings. The average Bonchev–Trinajstić information content (AvgIpc) is 3.16. The molecule has 1 heterocycles. The van der Waals surface area contributed by atoms with E-state index in [1.807, 2.05) is 12.1 Å². The molecule has 1 fully saturated rings. The Hall–Kier alpha value is -2.99. The third kappa shape index (κ3) is 3.48. The lowest BCUT2D eigenvalue weighted by Gasteiger charge is -2.18. The molecule has 6 nitrogen and oxygen atoms in total. The van der Waals surface area contributed by atoms with Gasteiger partial charge in [0.15, 0.2) is 0 Å². The monoisotopic (exact) mass is 363 g/mol. The topological polar surface area (TPSA) is 78.5 Å². The maximum Gasteiger partial charge on any atom is 0.251 e. The molecule has 3 amide bonds. The van der Waals surface area contributed by atoms with E-state index in [2.05, 4.69) is 22.8 Å². The number of rotatable bonds is 4. The summed E-state index contributed by atoms with van der Waals surface area (Å²) in [6, 6.07) is 14.7. The van der Waals surface area contributed by atoms with Crippen molar-refractivity contribution in [3.63, 3.8) is 0 Å². The Morgan fingerprint density at radius 1 is 0.963 bits per heavy atom. The van der Waals surface area contributed by atoms with E-state index in [1.54, 1.807) is 24.3 Å². The molecule has 1 unspecified atom stereocenters. The average molecular weight is 363 g/mol. The van der Waals surface area contributed by atoms with Gasteiger partial charge >= 0.3 is 0 Å². The molecule has 2 aromatic carbocycles. The van der Waals surface area contributed by atoms with Crippen LogP contribution >= 0.6 is 0 Å². The van der Waals surface area contributed by atoms with Crippen LogP contribution < -0.4 is 15.5 Å². The van der Waals surface area contributed by atoms with E-state index in [9.17, 15) is 14.4 Å². The molecule has 0 bridgehead atoms. The van der Waals surface area contributed by atoms with Crippen LogP contribution in [0, 0.1) is 0 Å². The number of nitrogens with zero attached hydrogens (tertiary/aromatic N) is 1. The highest BCUT2D eigenvalue weighted by molar-refractivity contribution is 6.22. The molecule has 1 atom stereocenters. The zero-order chi connectivity index (χ0) is 19.0. The van der Waals surface area contributed by atoms with Crippen molar-refractivity contribution in [1.29, 1.82) is 0 Å². The summed E-state index contributed by atoms with van der Waals surface area (Å²) in [5, 5.41) is 6.04. The maximum absolute atomic E-state index is 12.8. The molecule has 2 aromatic rings. The zero-order valence-electron chi connectivity index (χ0n) is 15.1. The summed E-state index contributed by atoms with van der Waals surface area (Å²) in [5.41, 5.74) is 3.76. The molecule has 138 valence electrons. The van der Waals surface area contributed by atoms with Gasteiger partial charge in [0.05, 0.1) is 18.2 Å². The molecule has 0 aromatic heterocycles. The lowest BCUT2D eigenvalue weighted by molar-refractivity contribution is -0.121. The minimum absolute atomic E-state index is 0.166. The molecule has 6 heteroatoms. The van der Waals surface area contributed by atoms with Crippen molar-refractivity contribution < 1.29 is 14.4 Å². The Morgan fingerprint density at radius 3 is 2.19 bits per heavy atom. The number of hydrogen-bond acceptors (Lipinski definition) is 4. The first-order valence-electron chi connectivity index (χ1n) is 9.08. The Labute approximate surface area is 157 Å². The highest BCUT2D eigenvalue weighted by atomic mass is 16.2. The van der Waals surface area contributed by atoms with Crippen LogP contribution in [0.1, 0.15) is 24.5 Å². The van der Waals surface area contributed by atoms with Gasteiger partial charge in [0, 0.05) is 18.7 Å². The van der Waals surface area contributed by atoms with Crippen molar-refractivity contribution in [3.8, 4) is 0 Å². The van der Waals surface area contributed by atoms with Gasteiger partial charge in [-0.1, -0.05) is 24.3 Å². The third-order valence-corrected chi connectivity index (χ3v) is 5.08. The lowest BCUT2D eigenvalue weighted by Crippen LogP contribution is -2.44. The molecule has 1 aliphatic heterocycles. The molecule has 27 heavy (non-hydrogen) atoms. The van der Waals surface area contributed by atoms with Crippen LogP contribution in [0.5, 0.6) is 0 Å². The smallest absolute Gasteiger partial charge is 0.251 e. The molecule has 0 saturated carbocycles. The summed E-state index contributed by atoms with van der Waals surface area (Å²) in [7, 11) is 0. The van der Waals surface area contributed by atoms with Gasteiger partial charge in [-0.25, -0.2) is 4.90 Å². The summed E-state index contributed by atoms with van der Waals surface area (Å²) in [6.45, 7) is 1.43. The van der Waals surface area contributed by atoms with Gasteiger partial charge in [-0.3, -0.25) is 14.4 Å². The zero-order valence-corrected chi connectivity index (χ0v) is 15.1. The number of benzene rings is 2. The van der Waals surface area contributed by atoms with Crippen molar-refractivity contribution in [2.45, 2.75) is 38.3 Å². The Balaban J connectivity index is 1.44. The number of nitrogens with one attached hydrogen (secondary N) is 2. The van der Waals surface area contributed by atoms with Crippen molar-refractivity contribution in [2.24, 2.45) is 0 Å². The first-order chi connectivity index (χ1) is 13.0. The molecule has 1 saturated heterocycles. The number of hydrogen-bond donors (Lipinski definition) is 2. The minimum atomic E-state index is -0.494. The fourth-order valence-corrected chi connectivity index (χ4v) is 3.89. The quantitative estimate of drug-likeness (QED) is 0.815. The summed E-state index contributed by atoms with van der Waals surface area (Å²) in [6.07, 6.45) is 1.91. The number of fused-ring (bicyclic) bond motifs is 1. The summed E-state index contributed by atoms with van der Waals surface area (Å²) in [5.74, 6) is -0.596. The van der Waals surface area contributed by atoms with Crippen LogP contribution in [-0.2, 0) is 27.2 Å². The third-order valence-electron chi connectivity index (χ3n) is 5.08. The van der Waals surface area contributed by atoms with Crippen molar-refractivity contribution in [1.82, 2.24) is 5.32 Å². The molecule has 0 spiro atoms. The standard InChI is InChI=1S/C21H21N3O3/c1-13(25)22-16-6-8-18(9-7-16)24-20(26)12-19(21(24)27)23-17-10-14-4-2-3-5-15(14)11-17/h2-9,17,19,23H,10-12H2,1H3,(H,22,25). The number of anilines is 2. The Morgan fingerprint density at radius 2 is 1.59 bits per heavy atom. The Kier molecular flexibility index (Phi) is 4.49. The second kappa shape index (κ2) is 6.96. The summed E-state index contributed by atoms with van der Waals surface area (Å²) < 4.78 is 0. The van der Waals surface area contributed by atoms with E-state index in [4.69, 9.17) is 0 Å². The van der Waals surface area contributed by atoms with Crippen LogP contribution in [0.15, 0.2) is 48.5 Å².